The zero-order valence-electron chi connectivity index (χ0n) is 20.8. The Labute approximate surface area is 206 Å². The van der Waals surface area contributed by atoms with Crippen LogP contribution < -0.4 is 23.7 Å². The zero-order valence-corrected chi connectivity index (χ0v) is 20.8. The molecular weight excluding hydrogens is 450 g/mol. The summed E-state index contributed by atoms with van der Waals surface area (Å²) >= 11 is 0. The number of rotatable bonds is 8. The van der Waals surface area contributed by atoms with Gasteiger partial charge in [-0.2, -0.15) is 0 Å². The van der Waals surface area contributed by atoms with Crippen molar-refractivity contribution in [2.75, 3.05) is 41.0 Å². The highest BCUT2D eigenvalue weighted by Crippen LogP contribution is 2.44. The molecule has 1 fully saturated rings. The van der Waals surface area contributed by atoms with E-state index in [0.717, 1.165) is 5.56 Å². The number of ketones is 1. The van der Waals surface area contributed by atoms with Crippen molar-refractivity contribution in [1.82, 2.24) is 4.90 Å². The predicted octanol–water partition coefficient (Wildman–Crippen LogP) is 4.07. The molecule has 2 aromatic carbocycles. The lowest BCUT2D eigenvalue weighted by Crippen LogP contribution is -2.52. The van der Waals surface area contributed by atoms with Gasteiger partial charge in [0.15, 0.2) is 17.3 Å². The summed E-state index contributed by atoms with van der Waals surface area (Å²) in [5.41, 5.74) is 0.872. The summed E-state index contributed by atoms with van der Waals surface area (Å²) in [5.74, 6) is 2.98. The third-order valence-corrected chi connectivity index (χ3v) is 6.77. The number of hydrogen-bond donors (Lipinski definition) is 0. The molecule has 2 heterocycles. The summed E-state index contributed by atoms with van der Waals surface area (Å²) in [6.45, 7) is 3.59. The van der Waals surface area contributed by atoms with Crippen molar-refractivity contribution in [3.8, 4) is 28.7 Å². The molecule has 1 saturated heterocycles. The molecule has 0 atom stereocenters. The number of ether oxygens (including phenoxy) is 5. The number of nitrogens with zero attached hydrogens (tertiary/aromatic N) is 1. The molecule has 8 nitrogen and oxygen atoms in total. The van der Waals surface area contributed by atoms with Crippen LogP contribution in [0, 0.1) is 0 Å². The summed E-state index contributed by atoms with van der Waals surface area (Å²) in [5, 5.41) is 0. The maximum absolute atomic E-state index is 13.0. The molecule has 2 aliphatic rings. The van der Waals surface area contributed by atoms with Crippen LogP contribution >= 0.6 is 0 Å². The number of likely N-dealkylation sites (tertiary alicyclic amines) is 1. The maximum Gasteiger partial charge on any atom is 0.222 e. The molecule has 2 aromatic rings. The molecule has 0 aliphatic carbocycles. The molecule has 0 unspecified atom stereocenters. The topological polar surface area (TPSA) is 83.5 Å². The van der Waals surface area contributed by atoms with Gasteiger partial charge in [0.25, 0.3) is 0 Å². The molecule has 4 rings (SSSR count). The second-order valence-electron chi connectivity index (χ2n) is 8.89. The van der Waals surface area contributed by atoms with Crippen LogP contribution in [-0.4, -0.2) is 63.2 Å². The van der Waals surface area contributed by atoms with Gasteiger partial charge in [0, 0.05) is 44.5 Å². The van der Waals surface area contributed by atoms with Crippen molar-refractivity contribution < 1.29 is 33.3 Å². The third-order valence-electron chi connectivity index (χ3n) is 6.77. The van der Waals surface area contributed by atoms with Crippen molar-refractivity contribution in [2.45, 2.75) is 44.6 Å². The average Bonchev–Trinajstić information content (AvgIpc) is 2.87. The number of hydrogen-bond acceptors (Lipinski definition) is 7. The van der Waals surface area contributed by atoms with Gasteiger partial charge in [-0.05, 0) is 31.0 Å². The Morgan fingerprint density at radius 2 is 1.74 bits per heavy atom. The van der Waals surface area contributed by atoms with Gasteiger partial charge in [0.2, 0.25) is 5.91 Å². The number of aryl methyl sites for hydroxylation is 1. The second-order valence-corrected chi connectivity index (χ2v) is 8.89. The second kappa shape index (κ2) is 10.5. The Morgan fingerprint density at radius 3 is 2.40 bits per heavy atom. The summed E-state index contributed by atoms with van der Waals surface area (Å²) in [6.07, 6.45) is 2.49. The lowest BCUT2D eigenvalue weighted by atomic mass is 9.82. The van der Waals surface area contributed by atoms with Crippen LogP contribution in [0.3, 0.4) is 0 Å². The van der Waals surface area contributed by atoms with Gasteiger partial charge >= 0.3 is 0 Å². The fourth-order valence-electron chi connectivity index (χ4n) is 4.84. The Hall–Kier alpha value is -3.42. The van der Waals surface area contributed by atoms with Gasteiger partial charge in [-0.1, -0.05) is 6.07 Å². The number of benzene rings is 2. The molecule has 188 valence electrons. The largest absolute Gasteiger partial charge is 0.496 e. The number of amides is 1. The van der Waals surface area contributed by atoms with Crippen LogP contribution in [0.5, 0.6) is 28.7 Å². The molecule has 1 amide bonds. The SMILES string of the molecule is CCOc1ccc(CCC(=O)N2CCC3(CC2)CC(=O)c2c(OC)cc(OC)cc2O3)cc1OC. The number of methoxy groups -OCH3 is 3. The van der Waals surface area contributed by atoms with Crippen LogP contribution in [0.2, 0.25) is 0 Å². The van der Waals surface area contributed by atoms with E-state index in [0.29, 0.717) is 79.7 Å². The zero-order chi connectivity index (χ0) is 25.0. The van der Waals surface area contributed by atoms with E-state index in [-0.39, 0.29) is 18.1 Å². The Bertz CT molecular complexity index is 1090. The van der Waals surface area contributed by atoms with Gasteiger partial charge in [-0.25, -0.2) is 0 Å². The summed E-state index contributed by atoms with van der Waals surface area (Å²) in [4.78, 5) is 27.8. The first-order valence-corrected chi connectivity index (χ1v) is 12.0. The first-order valence-electron chi connectivity index (χ1n) is 12.0. The van der Waals surface area contributed by atoms with E-state index >= 15 is 0 Å². The third kappa shape index (κ3) is 5.16. The van der Waals surface area contributed by atoms with E-state index in [1.54, 1.807) is 26.4 Å². The number of carbonyl (C=O) groups is 2. The minimum atomic E-state index is -0.610. The minimum absolute atomic E-state index is 0.00465. The van der Waals surface area contributed by atoms with E-state index < -0.39 is 5.60 Å². The molecule has 0 radical (unpaired) electrons. The Morgan fingerprint density at radius 1 is 1.00 bits per heavy atom. The first-order chi connectivity index (χ1) is 16.9. The van der Waals surface area contributed by atoms with Gasteiger partial charge in [0.05, 0.1) is 34.4 Å². The molecule has 8 heteroatoms. The van der Waals surface area contributed by atoms with Crippen molar-refractivity contribution in [3.63, 3.8) is 0 Å². The normalized spacial score (nSPS) is 16.3. The van der Waals surface area contributed by atoms with E-state index in [2.05, 4.69) is 0 Å². The highest BCUT2D eigenvalue weighted by Gasteiger charge is 2.44. The predicted molar refractivity (Wildman–Crippen MR) is 130 cm³/mol. The van der Waals surface area contributed by atoms with Gasteiger partial charge in [-0.15, -0.1) is 0 Å². The monoisotopic (exact) mass is 483 g/mol. The van der Waals surface area contributed by atoms with Crippen molar-refractivity contribution in [1.29, 1.82) is 0 Å². The fraction of sp³-hybridized carbons (Fsp3) is 0.481. The molecule has 1 spiro atoms. The van der Waals surface area contributed by atoms with Gasteiger partial charge in [-0.3, -0.25) is 9.59 Å². The smallest absolute Gasteiger partial charge is 0.222 e. The summed E-state index contributed by atoms with van der Waals surface area (Å²) in [6, 6.07) is 9.20. The lowest BCUT2D eigenvalue weighted by Gasteiger charge is -2.44. The molecule has 0 aromatic heterocycles. The quantitative estimate of drug-likeness (QED) is 0.560. The van der Waals surface area contributed by atoms with Crippen LogP contribution in [0.1, 0.15) is 48.5 Å². The molecule has 2 aliphatic heterocycles. The van der Waals surface area contributed by atoms with Crippen LogP contribution in [-0.2, 0) is 11.2 Å². The number of piperidine rings is 1. The minimum Gasteiger partial charge on any atom is -0.496 e. The van der Waals surface area contributed by atoms with Crippen LogP contribution in [0.25, 0.3) is 0 Å². The van der Waals surface area contributed by atoms with E-state index in [9.17, 15) is 9.59 Å². The number of carbonyl (C=O) groups excluding carboxylic acids is 2. The molecule has 35 heavy (non-hydrogen) atoms. The summed E-state index contributed by atoms with van der Waals surface area (Å²) < 4.78 is 28.1. The van der Waals surface area contributed by atoms with Crippen molar-refractivity contribution in [2.24, 2.45) is 0 Å². The highest BCUT2D eigenvalue weighted by molar-refractivity contribution is 6.03. The lowest BCUT2D eigenvalue weighted by molar-refractivity contribution is -0.134. The number of Topliss-reactive ketones (excluding diaryl/α,β-unsaturated/α-hetero) is 1. The molecular formula is C27H33NO7. The van der Waals surface area contributed by atoms with E-state index in [1.165, 1.54) is 7.11 Å². The van der Waals surface area contributed by atoms with Crippen LogP contribution in [0.4, 0.5) is 0 Å². The van der Waals surface area contributed by atoms with E-state index in [1.807, 2.05) is 30.0 Å². The molecule has 0 saturated carbocycles. The van der Waals surface area contributed by atoms with E-state index in [4.69, 9.17) is 23.7 Å². The summed E-state index contributed by atoms with van der Waals surface area (Å²) in [7, 11) is 4.70. The Balaban J connectivity index is 1.37. The molecule has 0 N–H and O–H groups in total. The fourth-order valence-corrected chi connectivity index (χ4v) is 4.84. The van der Waals surface area contributed by atoms with Gasteiger partial charge < -0.3 is 28.6 Å². The molecule has 0 bridgehead atoms. The van der Waals surface area contributed by atoms with Crippen molar-refractivity contribution in [3.05, 3.63) is 41.5 Å². The first kappa shape index (κ1) is 24.7. The Kier molecular flexibility index (Phi) is 7.38. The maximum atomic E-state index is 13.0. The standard InChI is InChI=1S/C27H33NO7/c1-5-34-21-8-6-18(14-22(21)32-3)7-9-25(30)28-12-10-27(11-13-28)17-20(29)26-23(33-4)15-19(31-2)16-24(26)35-27/h6,8,14-16H,5,7,9-13,17H2,1-4H3. The highest BCUT2D eigenvalue weighted by atomic mass is 16.5. The van der Waals surface area contributed by atoms with Gasteiger partial charge in [0.1, 0.15) is 28.4 Å². The average molecular weight is 484 g/mol. The van der Waals surface area contributed by atoms with Crippen LogP contribution in [0.15, 0.2) is 30.3 Å². The number of fused-ring (bicyclic) bond motifs is 1. The van der Waals surface area contributed by atoms with Crippen molar-refractivity contribution >= 4 is 11.7 Å².